The number of carbonyl (C=O) groups is 1. The Morgan fingerprint density at radius 3 is 2.27 bits per heavy atom. The molecule has 0 aliphatic rings. The molecule has 26 heavy (non-hydrogen) atoms. The lowest BCUT2D eigenvalue weighted by Crippen LogP contribution is -2.37. The molecular weight excluding hydrogens is 366 g/mol. The van der Waals surface area contributed by atoms with Gasteiger partial charge in [0.15, 0.2) is 0 Å². The number of carbonyl (C=O) groups excluding carboxylic acids is 1. The highest BCUT2D eigenvalue weighted by Crippen LogP contribution is 2.34. The van der Waals surface area contributed by atoms with Gasteiger partial charge in [0.25, 0.3) is 0 Å². The predicted molar refractivity (Wildman–Crippen MR) is 79.7 cm³/mol. The fourth-order valence-electron chi connectivity index (χ4n) is 2.14. The summed E-state index contributed by atoms with van der Waals surface area (Å²) in [5.74, 6) is -2.10. The van der Waals surface area contributed by atoms with Crippen LogP contribution in [0.3, 0.4) is 0 Å². The normalized spacial score (nSPS) is 12.1. The van der Waals surface area contributed by atoms with Crippen LogP contribution in [-0.4, -0.2) is 28.8 Å². The van der Waals surface area contributed by atoms with Gasteiger partial charge < -0.3 is 11.1 Å². The zero-order chi connectivity index (χ0) is 19.5. The molecule has 2 aromatic rings. The van der Waals surface area contributed by atoms with E-state index < -0.39 is 36.8 Å². The van der Waals surface area contributed by atoms with Gasteiger partial charge in [-0.25, -0.2) is 0 Å². The van der Waals surface area contributed by atoms with E-state index in [0.717, 1.165) is 12.1 Å². The number of anilines is 1. The van der Waals surface area contributed by atoms with E-state index in [0.29, 0.717) is 0 Å². The van der Waals surface area contributed by atoms with Crippen LogP contribution in [0.1, 0.15) is 11.1 Å². The molecule has 0 spiro atoms. The second-order valence-corrected chi connectivity index (χ2v) is 5.22. The zero-order valence-corrected chi connectivity index (χ0v) is 12.9. The Morgan fingerprint density at radius 1 is 1.04 bits per heavy atom. The van der Waals surface area contributed by atoms with Gasteiger partial charge >= 0.3 is 18.3 Å². The molecule has 0 atom stereocenters. The minimum absolute atomic E-state index is 0.121. The summed E-state index contributed by atoms with van der Waals surface area (Å²) in [5.41, 5.74) is 4.62. The first-order valence-electron chi connectivity index (χ1n) is 7.13. The number of nitrogens with two attached hydrogens (primary N) is 1. The standard InChI is InChI=1S/C15H12F6N4O/c16-14(17,18)10-2-1-9(11-3-4-12(22)25-24-11)7-8(10)5-6-23-13(26)15(19,20)21/h1-4,7H,5-6H2,(H2,22,25)(H,23,26). The summed E-state index contributed by atoms with van der Waals surface area (Å²) in [7, 11) is 0. The van der Waals surface area contributed by atoms with Crippen LogP contribution in [0, 0.1) is 0 Å². The summed E-state index contributed by atoms with van der Waals surface area (Å²) < 4.78 is 75.7. The molecule has 0 bridgehead atoms. The Kier molecular flexibility index (Phi) is 5.38. The van der Waals surface area contributed by atoms with Crippen LogP contribution >= 0.6 is 0 Å². The van der Waals surface area contributed by atoms with Gasteiger partial charge in [-0.3, -0.25) is 4.79 Å². The Balaban J connectivity index is 2.27. The fourth-order valence-corrected chi connectivity index (χ4v) is 2.14. The van der Waals surface area contributed by atoms with Crippen LogP contribution in [0.25, 0.3) is 11.3 Å². The molecule has 3 N–H and O–H groups in total. The molecule has 140 valence electrons. The number of aromatic nitrogens is 2. The lowest BCUT2D eigenvalue weighted by atomic mass is 9.99. The highest BCUT2D eigenvalue weighted by molar-refractivity contribution is 5.81. The van der Waals surface area contributed by atoms with E-state index in [2.05, 4.69) is 10.2 Å². The van der Waals surface area contributed by atoms with E-state index >= 15 is 0 Å². The van der Waals surface area contributed by atoms with Gasteiger partial charge in [0.2, 0.25) is 0 Å². The first-order chi connectivity index (χ1) is 12.0. The van der Waals surface area contributed by atoms with Gasteiger partial charge in [-0.1, -0.05) is 6.07 Å². The number of nitrogen functional groups attached to an aromatic ring is 1. The Hall–Kier alpha value is -2.85. The molecule has 0 aliphatic heterocycles. The van der Waals surface area contributed by atoms with Crippen LogP contribution in [0.4, 0.5) is 32.2 Å². The van der Waals surface area contributed by atoms with Gasteiger partial charge in [-0.05, 0) is 36.2 Å². The second-order valence-electron chi connectivity index (χ2n) is 5.22. The van der Waals surface area contributed by atoms with Gasteiger partial charge in [0.05, 0.1) is 11.3 Å². The number of hydrogen-bond donors (Lipinski definition) is 2. The Morgan fingerprint density at radius 2 is 1.73 bits per heavy atom. The molecule has 0 radical (unpaired) electrons. The molecule has 1 amide bonds. The third-order valence-corrected chi connectivity index (χ3v) is 3.33. The molecule has 5 nitrogen and oxygen atoms in total. The highest BCUT2D eigenvalue weighted by Gasteiger charge is 2.38. The molecule has 1 aromatic heterocycles. The Labute approximate surface area is 143 Å². The van der Waals surface area contributed by atoms with Crippen LogP contribution < -0.4 is 11.1 Å². The lowest BCUT2D eigenvalue weighted by Gasteiger charge is -2.15. The van der Waals surface area contributed by atoms with E-state index in [1.165, 1.54) is 18.2 Å². The van der Waals surface area contributed by atoms with E-state index in [-0.39, 0.29) is 22.6 Å². The molecule has 0 saturated carbocycles. The largest absolute Gasteiger partial charge is 0.471 e. The first-order valence-corrected chi connectivity index (χ1v) is 7.13. The summed E-state index contributed by atoms with van der Waals surface area (Å²) in [6, 6.07) is 5.96. The molecule has 0 fully saturated rings. The van der Waals surface area contributed by atoms with Crippen molar-refractivity contribution in [3.63, 3.8) is 0 Å². The summed E-state index contributed by atoms with van der Waals surface area (Å²) in [5, 5.41) is 8.88. The van der Waals surface area contributed by atoms with Crippen molar-refractivity contribution in [3.8, 4) is 11.3 Å². The van der Waals surface area contributed by atoms with Crippen molar-refractivity contribution in [2.45, 2.75) is 18.8 Å². The number of halogens is 6. The summed E-state index contributed by atoms with van der Waals surface area (Å²) in [4.78, 5) is 10.8. The van der Waals surface area contributed by atoms with E-state index in [9.17, 15) is 31.1 Å². The van der Waals surface area contributed by atoms with Crippen molar-refractivity contribution < 1.29 is 31.1 Å². The topological polar surface area (TPSA) is 80.9 Å². The third kappa shape index (κ3) is 4.83. The summed E-state index contributed by atoms with van der Waals surface area (Å²) in [6.45, 7) is -0.613. The van der Waals surface area contributed by atoms with Crippen LogP contribution in [0.5, 0.6) is 0 Å². The maximum atomic E-state index is 13.1. The van der Waals surface area contributed by atoms with Gasteiger partial charge in [0, 0.05) is 12.1 Å². The Bertz CT molecular complexity index is 786. The SMILES string of the molecule is Nc1ccc(-c2ccc(C(F)(F)F)c(CCNC(=O)C(F)(F)F)c2)nn1. The molecule has 1 heterocycles. The van der Waals surface area contributed by atoms with Crippen molar-refractivity contribution in [1.29, 1.82) is 0 Å². The molecule has 0 unspecified atom stereocenters. The number of rotatable bonds is 4. The monoisotopic (exact) mass is 378 g/mol. The number of nitrogens with one attached hydrogen (secondary N) is 1. The number of amides is 1. The molecule has 2 rings (SSSR count). The molecule has 11 heteroatoms. The fraction of sp³-hybridized carbons (Fsp3) is 0.267. The quantitative estimate of drug-likeness (QED) is 0.802. The molecule has 0 saturated heterocycles. The van der Waals surface area contributed by atoms with Crippen molar-refractivity contribution in [2.24, 2.45) is 0 Å². The first kappa shape index (κ1) is 19.5. The van der Waals surface area contributed by atoms with Crippen molar-refractivity contribution in [1.82, 2.24) is 15.5 Å². The lowest BCUT2D eigenvalue weighted by molar-refractivity contribution is -0.173. The van der Waals surface area contributed by atoms with Crippen molar-refractivity contribution in [2.75, 3.05) is 12.3 Å². The smallest absolute Gasteiger partial charge is 0.382 e. The molecular formula is C15H12F6N4O. The molecule has 1 aromatic carbocycles. The van der Waals surface area contributed by atoms with Crippen molar-refractivity contribution in [3.05, 3.63) is 41.5 Å². The number of benzene rings is 1. The second kappa shape index (κ2) is 7.18. The number of alkyl halides is 6. The van der Waals surface area contributed by atoms with Crippen molar-refractivity contribution >= 4 is 11.7 Å². The molecule has 0 aliphatic carbocycles. The van der Waals surface area contributed by atoms with Crippen LogP contribution in [0.2, 0.25) is 0 Å². The number of hydrogen-bond acceptors (Lipinski definition) is 4. The van der Waals surface area contributed by atoms with Gasteiger partial charge in [-0.2, -0.15) is 26.3 Å². The summed E-state index contributed by atoms with van der Waals surface area (Å²) >= 11 is 0. The summed E-state index contributed by atoms with van der Waals surface area (Å²) in [6.07, 6.45) is -10.3. The predicted octanol–water partition coefficient (Wildman–Crippen LogP) is 2.97. The van der Waals surface area contributed by atoms with Crippen LogP contribution in [-0.2, 0) is 17.4 Å². The number of nitrogens with zero attached hydrogens (tertiary/aromatic N) is 2. The average molecular weight is 378 g/mol. The average Bonchev–Trinajstić information content (AvgIpc) is 2.53. The van der Waals surface area contributed by atoms with E-state index in [1.54, 1.807) is 5.32 Å². The van der Waals surface area contributed by atoms with E-state index in [1.807, 2.05) is 0 Å². The van der Waals surface area contributed by atoms with Gasteiger partial charge in [-0.15, -0.1) is 10.2 Å². The highest BCUT2D eigenvalue weighted by atomic mass is 19.4. The zero-order valence-electron chi connectivity index (χ0n) is 12.9. The van der Waals surface area contributed by atoms with E-state index in [4.69, 9.17) is 5.73 Å². The maximum absolute atomic E-state index is 13.1. The third-order valence-electron chi connectivity index (χ3n) is 3.33. The minimum atomic E-state index is -5.10. The van der Waals surface area contributed by atoms with Crippen LogP contribution in [0.15, 0.2) is 30.3 Å². The maximum Gasteiger partial charge on any atom is 0.471 e. The minimum Gasteiger partial charge on any atom is -0.382 e. The van der Waals surface area contributed by atoms with Gasteiger partial charge in [0.1, 0.15) is 5.82 Å².